The highest BCUT2D eigenvalue weighted by Gasteiger charge is 2.67. The Hall–Kier alpha value is -0.690. The monoisotopic (exact) mass is 491 g/mol. The first-order valence-electron chi connectivity index (χ1n) is 14.4. The van der Waals surface area contributed by atoms with Gasteiger partial charge in [0.05, 0.1) is 25.9 Å². The lowest BCUT2D eigenvalue weighted by atomic mass is 9.44. The minimum absolute atomic E-state index is 0.145. The zero-order valence-corrected chi connectivity index (χ0v) is 22.7. The molecule has 0 aromatic carbocycles. The van der Waals surface area contributed by atoms with Crippen molar-refractivity contribution in [3.63, 3.8) is 0 Å². The molecule has 1 heterocycles. The molecular formula is C29H49NO5. The first-order valence-corrected chi connectivity index (χ1v) is 14.4. The molecular weight excluding hydrogens is 442 g/mol. The molecule has 0 aromatic rings. The van der Waals surface area contributed by atoms with E-state index in [2.05, 4.69) is 33.0 Å². The Balaban J connectivity index is 1.26. The lowest BCUT2D eigenvalue weighted by Gasteiger charge is -2.62. The number of carbonyl (C=O) groups excluding carboxylic acids is 1. The number of methoxy groups -OCH3 is 1. The van der Waals surface area contributed by atoms with E-state index in [1.165, 1.54) is 39.2 Å². The number of rotatable bonds is 6. The second kappa shape index (κ2) is 9.25. The fourth-order valence-corrected chi connectivity index (χ4v) is 9.56. The van der Waals surface area contributed by atoms with Crippen molar-refractivity contribution in [2.45, 2.75) is 109 Å². The minimum Gasteiger partial charge on any atom is -0.468 e. The van der Waals surface area contributed by atoms with Gasteiger partial charge in [0.15, 0.2) is 5.79 Å². The van der Waals surface area contributed by atoms with Crippen molar-refractivity contribution in [2.24, 2.45) is 40.4 Å². The van der Waals surface area contributed by atoms with Gasteiger partial charge in [0.1, 0.15) is 6.04 Å². The molecule has 1 saturated heterocycles. The van der Waals surface area contributed by atoms with Crippen LogP contribution in [0, 0.1) is 40.4 Å². The van der Waals surface area contributed by atoms with Gasteiger partial charge in [-0.05, 0) is 92.8 Å². The van der Waals surface area contributed by atoms with Gasteiger partial charge >= 0.3 is 5.97 Å². The minimum atomic E-state index is -0.744. The number of nitrogens with one attached hydrogen (secondary N) is 1. The van der Waals surface area contributed by atoms with Crippen LogP contribution in [0.15, 0.2) is 0 Å². The topological polar surface area (TPSA) is 77.0 Å². The predicted octanol–water partition coefficient (Wildman–Crippen LogP) is 4.68. The highest BCUT2D eigenvalue weighted by molar-refractivity contribution is 5.75. The van der Waals surface area contributed by atoms with Crippen LogP contribution in [-0.2, 0) is 19.0 Å². The van der Waals surface area contributed by atoms with Gasteiger partial charge in [-0.15, -0.1) is 0 Å². The maximum atomic E-state index is 12.3. The number of esters is 1. The number of fused-ring (bicyclic) bond motifs is 6. The van der Waals surface area contributed by atoms with Crippen LogP contribution in [0.3, 0.4) is 0 Å². The highest BCUT2D eigenvalue weighted by atomic mass is 16.7. The van der Waals surface area contributed by atoms with Gasteiger partial charge in [0.2, 0.25) is 0 Å². The quantitative estimate of drug-likeness (QED) is 0.526. The summed E-state index contributed by atoms with van der Waals surface area (Å²) >= 11 is 0. The lowest BCUT2D eigenvalue weighted by molar-refractivity contribution is -0.249. The van der Waals surface area contributed by atoms with Crippen molar-refractivity contribution < 1.29 is 24.1 Å². The highest BCUT2D eigenvalue weighted by Crippen LogP contribution is 2.69. The molecule has 1 unspecified atom stereocenters. The molecule has 4 aliphatic carbocycles. The van der Waals surface area contributed by atoms with E-state index < -0.39 is 5.60 Å². The third-order valence-electron chi connectivity index (χ3n) is 11.5. The van der Waals surface area contributed by atoms with Crippen LogP contribution in [0.2, 0.25) is 0 Å². The summed E-state index contributed by atoms with van der Waals surface area (Å²) < 4.78 is 17.6. The SMILES string of the molecule is COC(=O)[C@H](CC(C)C)NC[C@@]1(O)CC[C@@]2(C)C(CC[C@@H]3[C@@H]2CC[C@@]2(C)[C@H]3CCC23OCCO3)C1. The lowest BCUT2D eigenvalue weighted by Crippen LogP contribution is -2.59. The third kappa shape index (κ3) is 4.19. The number of aliphatic hydroxyl groups is 1. The van der Waals surface area contributed by atoms with Crippen LogP contribution >= 0.6 is 0 Å². The van der Waals surface area contributed by atoms with Crippen molar-refractivity contribution >= 4 is 5.97 Å². The molecule has 0 aromatic heterocycles. The van der Waals surface area contributed by atoms with E-state index >= 15 is 0 Å². The molecule has 0 amide bonds. The normalized spacial score (nSPS) is 45.1. The molecule has 0 bridgehead atoms. The summed E-state index contributed by atoms with van der Waals surface area (Å²) in [5, 5.41) is 15.0. The fraction of sp³-hybridized carbons (Fsp3) is 0.966. The van der Waals surface area contributed by atoms with Crippen LogP contribution in [-0.4, -0.2) is 55.4 Å². The largest absolute Gasteiger partial charge is 0.468 e. The van der Waals surface area contributed by atoms with Crippen molar-refractivity contribution in [1.82, 2.24) is 5.32 Å². The fourth-order valence-electron chi connectivity index (χ4n) is 9.56. The van der Waals surface area contributed by atoms with Crippen molar-refractivity contribution in [1.29, 1.82) is 0 Å². The summed E-state index contributed by atoms with van der Waals surface area (Å²) in [7, 11) is 1.45. The zero-order valence-electron chi connectivity index (χ0n) is 22.7. The number of carbonyl (C=O) groups is 1. The molecule has 4 saturated carbocycles. The summed E-state index contributed by atoms with van der Waals surface area (Å²) in [5.41, 5.74) is -0.303. The van der Waals surface area contributed by atoms with E-state index in [0.29, 0.717) is 29.7 Å². The molecule has 1 spiro atoms. The van der Waals surface area contributed by atoms with Crippen LogP contribution in [0.25, 0.3) is 0 Å². The van der Waals surface area contributed by atoms with Crippen LogP contribution in [0.5, 0.6) is 0 Å². The van der Waals surface area contributed by atoms with Gasteiger partial charge in [-0.25, -0.2) is 0 Å². The summed E-state index contributed by atoms with van der Waals surface area (Å²) in [6, 6.07) is -0.348. The maximum Gasteiger partial charge on any atom is 0.322 e. The van der Waals surface area contributed by atoms with E-state index in [0.717, 1.165) is 57.2 Å². The smallest absolute Gasteiger partial charge is 0.322 e. The molecule has 1 aliphatic heterocycles. The number of hydrogen-bond donors (Lipinski definition) is 2. The van der Waals surface area contributed by atoms with Gasteiger partial charge in [-0.2, -0.15) is 0 Å². The van der Waals surface area contributed by atoms with E-state index in [4.69, 9.17) is 14.2 Å². The number of ether oxygens (including phenoxy) is 3. The average molecular weight is 492 g/mol. The summed E-state index contributed by atoms with van der Waals surface area (Å²) in [4.78, 5) is 12.3. The van der Waals surface area contributed by atoms with Gasteiger partial charge < -0.3 is 24.6 Å². The third-order valence-corrected chi connectivity index (χ3v) is 11.5. The summed E-state index contributed by atoms with van der Waals surface area (Å²) in [6.45, 7) is 11.2. The molecule has 200 valence electrons. The van der Waals surface area contributed by atoms with Crippen LogP contribution in [0.4, 0.5) is 0 Å². The van der Waals surface area contributed by atoms with Gasteiger partial charge in [0.25, 0.3) is 0 Å². The van der Waals surface area contributed by atoms with Crippen molar-refractivity contribution in [3.8, 4) is 0 Å². The second-order valence-electron chi connectivity index (χ2n) is 13.6. The van der Waals surface area contributed by atoms with Gasteiger partial charge in [0, 0.05) is 18.4 Å². The van der Waals surface area contributed by atoms with E-state index in [-0.39, 0.29) is 23.2 Å². The maximum absolute atomic E-state index is 12.3. The second-order valence-corrected chi connectivity index (χ2v) is 13.6. The zero-order chi connectivity index (χ0) is 25.1. The first kappa shape index (κ1) is 25.9. The molecule has 5 aliphatic rings. The summed E-state index contributed by atoms with van der Waals surface area (Å²) in [5.74, 6) is 2.56. The predicted molar refractivity (Wildman–Crippen MR) is 135 cm³/mol. The van der Waals surface area contributed by atoms with Crippen molar-refractivity contribution in [2.75, 3.05) is 26.9 Å². The van der Waals surface area contributed by atoms with Crippen molar-refractivity contribution in [3.05, 3.63) is 0 Å². The van der Waals surface area contributed by atoms with E-state index in [1.54, 1.807) is 0 Å². The van der Waals surface area contributed by atoms with Crippen LogP contribution < -0.4 is 5.32 Å². The molecule has 2 N–H and O–H groups in total. The molecule has 6 heteroatoms. The Bertz CT molecular complexity index is 796. The Morgan fingerprint density at radius 3 is 2.43 bits per heavy atom. The van der Waals surface area contributed by atoms with Gasteiger partial charge in [-0.1, -0.05) is 27.7 Å². The molecule has 8 atom stereocenters. The molecule has 35 heavy (non-hydrogen) atoms. The first-order chi connectivity index (χ1) is 16.6. The summed E-state index contributed by atoms with van der Waals surface area (Å²) in [6.07, 6.45) is 10.7. The Kier molecular flexibility index (Phi) is 6.86. The van der Waals surface area contributed by atoms with Crippen LogP contribution in [0.1, 0.15) is 91.9 Å². The van der Waals surface area contributed by atoms with Gasteiger partial charge in [-0.3, -0.25) is 4.79 Å². The standard InChI is InChI=1S/C29H49NO5/c1-19(2)16-24(25(31)33-5)30-18-28(32)13-12-26(3)20(17-28)6-7-21-22(26)8-10-27(4)23(21)9-11-29(27)34-14-15-35-29/h19-24,30,32H,6-18H2,1-5H3/t20?,21-,22+,23+,24+,26+,27+,28-/m1/s1. The van der Waals surface area contributed by atoms with E-state index in [9.17, 15) is 9.90 Å². The Labute approximate surface area is 212 Å². The molecule has 5 fully saturated rings. The molecule has 6 nitrogen and oxygen atoms in total. The average Bonchev–Trinajstić information content (AvgIpc) is 3.42. The molecule has 0 radical (unpaired) electrons. The number of hydrogen-bond acceptors (Lipinski definition) is 6. The Morgan fingerprint density at radius 1 is 1.03 bits per heavy atom. The van der Waals surface area contributed by atoms with E-state index in [1.807, 2.05) is 0 Å². The molecule has 5 rings (SSSR count). The Morgan fingerprint density at radius 2 is 1.74 bits per heavy atom.